The molecule has 2 aromatic carbocycles. The molecule has 0 aliphatic carbocycles. The number of esters is 1. The number of halogens is 2. The van der Waals surface area contributed by atoms with Crippen LogP contribution < -0.4 is 10.1 Å². The van der Waals surface area contributed by atoms with E-state index in [0.717, 1.165) is 10.2 Å². The van der Waals surface area contributed by atoms with Crippen LogP contribution in [0.3, 0.4) is 0 Å². The summed E-state index contributed by atoms with van der Waals surface area (Å²) in [5.41, 5.74) is 2.70. The number of nitrogens with one attached hydrogen (secondary N) is 1. The molecular formula is C18H12F2N2O5S. The van der Waals surface area contributed by atoms with Gasteiger partial charge in [-0.2, -0.15) is 8.78 Å². The zero-order chi connectivity index (χ0) is 20.1. The highest BCUT2D eigenvalue weighted by molar-refractivity contribution is 7.16. The first-order valence-electron chi connectivity index (χ1n) is 7.82. The van der Waals surface area contributed by atoms with Crippen molar-refractivity contribution in [3.8, 4) is 5.75 Å². The number of carbonyl (C=O) groups is 3. The van der Waals surface area contributed by atoms with E-state index >= 15 is 0 Å². The number of rotatable bonds is 6. The molecular weight excluding hydrogens is 394 g/mol. The van der Waals surface area contributed by atoms with Gasteiger partial charge in [0.05, 0.1) is 21.3 Å². The van der Waals surface area contributed by atoms with E-state index in [1.807, 2.05) is 5.32 Å². The Kier molecular flexibility index (Phi) is 5.90. The molecule has 1 heterocycles. The summed E-state index contributed by atoms with van der Waals surface area (Å²) in [5, 5.41) is 2.04. The largest absolute Gasteiger partial charge is 0.452 e. The summed E-state index contributed by atoms with van der Waals surface area (Å²) in [7, 11) is 0. The van der Waals surface area contributed by atoms with Crippen molar-refractivity contribution in [3.63, 3.8) is 0 Å². The van der Waals surface area contributed by atoms with Crippen molar-refractivity contribution in [1.29, 1.82) is 0 Å². The molecule has 0 saturated heterocycles. The van der Waals surface area contributed by atoms with Crippen LogP contribution in [0.2, 0.25) is 0 Å². The van der Waals surface area contributed by atoms with Crippen LogP contribution in [-0.2, 0) is 9.53 Å². The quantitative estimate of drug-likeness (QED) is 0.633. The number of hydrogen-bond acceptors (Lipinski definition) is 7. The van der Waals surface area contributed by atoms with Crippen LogP contribution in [0.5, 0.6) is 5.75 Å². The molecule has 0 atom stereocenters. The van der Waals surface area contributed by atoms with Gasteiger partial charge in [0.25, 0.3) is 11.8 Å². The molecule has 10 heteroatoms. The van der Waals surface area contributed by atoms with E-state index in [4.69, 9.17) is 4.74 Å². The van der Waals surface area contributed by atoms with Gasteiger partial charge in [-0.1, -0.05) is 0 Å². The molecule has 3 rings (SSSR count). The van der Waals surface area contributed by atoms with Crippen LogP contribution >= 0.6 is 11.3 Å². The second-order valence-electron chi connectivity index (χ2n) is 5.39. The number of carbonyl (C=O) groups excluding carboxylic acids is 3. The van der Waals surface area contributed by atoms with Gasteiger partial charge in [-0.3, -0.25) is 14.9 Å². The van der Waals surface area contributed by atoms with Crippen molar-refractivity contribution >= 4 is 39.3 Å². The lowest BCUT2D eigenvalue weighted by molar-refractivity contribution is -0.123. The standard InChI is InChI=1S/C18H12F2N2O5S/c19-18(20)27-12-4-1-10(2-5-12)16(24)22-15(23)8-26-17(25)11-3-6-13-14(7-11)28-9-21-13/h1-7,9,18H,8H2,(H,22,23,24). The predicted octanol–water partition coefficient (Wildman–Crippen LogP) is 3.01. The molecule has 1 aromatic heterocycles. The molecule has 0 fully saturated rings. The molecule has 144 valence electrons. The van der Waals surface area contributed by atoms with E-state index < -0.39 is 31.0 Å². The number of alkyl halides is 2. The first-order valence-corrected chi connectivity index (χ1v) is 8.70. The number of amides is 2. The molecule has 0 aliphatic rings. The smallest absolute Gasteiger partial charge is 0.387 e. The van der Waals surface area contributed by atoms with Gasteiger partial charge in [0.15, 0.2) is 6.61 Å². The second kappa shape index (κ2) is 8.53. The minimum absolute atomic E-state index is 0.0527. The van der Waals surface area contributed by atoms with E-state index in [0.29, 0.717) is 0 Å². The minimum atomic E-state index is -2.98. The normalized spacial score (nSPS) is 10.7. The Hall–Kier alpha value is -3.40. The highest BCUT2D eigenvalue weighted by Crippen LogP contribution is 2.19. The van der Waals surface area contributed by atoms with E-state index in [2.05, 4.69) is 9.72 Å². The molecule has 3 aromatic rings. The zero-order valence-electron chi connectivity index (χ0n) is 14.1. The fourth-order valence-corrected chi connectivity index (χ4v) is 2.94. The van der Waals surface area contributed by atoms with Crippen molar-refractivity contribution in [2.45, 2.75) is 6.61 Å². The molecule has 2 amide bonds. The molecule has 28 heavy (non-hydrogen) atoms. The Labute approximate surface area is 160 Å². The third-order valence-corrected chi connectivity index (χ3v) is 4.29. The molecule has 0 aliphatic heterocycles. The van der Waals surface area contributed by atoms with Crippen LogP contribution in [-0.4, -0.2) is 36.0 Å². The third kappa shape index (κ3) is 4.86. The van der Waals surface area contributed by atoms with Gasteiger partial charge in [0.2, 0.25) is 0 Å². The first kappa shape index (κ1) is 19.4. The molecule has 0 unspecified atom stereocenters. The highest BCUT2D eigenvalue weighted by atomic mass is 32.1. The fourth-order valence-electron chi connectivity index (χ4n) is 2.22. The van der Waals surface area contributed by atoms with Crippen LogP contribution in [0.4, 0.5) is 8.78 Å². The van der Waals surface area contributed by atoms with Crippen molar-refractivity contribution in [2.24, 2.45) is 0 Å². The number of hydrogen-bond donors (Lipinski definition) is 1. The van der Waals surface area contributed by atoms with Gasteiger partial charge >= 0.3 is 12.6 Å². The molecule has 1 N–H and O–H groups in total. The molecule has 7 nitrogen and oxygen atoms in total. The van der Waals surface area contributed by atoms with Crippen molar-refractivity contribution in [3.05, 3.63) is 59.1 Å². The maximum atomic E-state index is 12.1. The van der Waals surface area contributed by atoms with Crippen LogP contribution in [0.15, 0.2) is 48.0 Å². The van der Waals surface area contributed by atoms with Gasteiger partial charge in [0.1, 0.15) is 5.75 Å². The lowest BCUT2D eigenvalue weighted by Gasteiger charge is -2.07. The van der Waals surface area contributed by atoms with E-state index in [-0.39, 0.29) is 16.9 Å². The van der Waals surface area contributed by atoms with E-state index in [1.165, 1.54) is 41.7 Å². The van der Waals surface area contributed by atoms with E-state index in [1.54, 1.807) is 17.6 Å². The van der Waals surface area contributed by atoms with Crippen LogP contribution in [0.1, 0.15) is 20.7 Å². The Morgan fingerprint density at radius 3 is 2.50 bits per heavy atom. The Balaban J connectivity index is 1.51. The number of fused-ring (bicyclic) bond motifs is 1. The summed E-state index contributed by atoms with van der Waals surface area (Å²) in [6.07, 6.45) is 0. The van der Waals surface area contributed by atoms with Crippen LogP contribution in [0, 0.1) is 0 Å². The summed E-state index contributed by atoms with van der Waals surface area (Å²) >= 11 is 1.36. The lowest BCUT2D eigenvalue weighted by Crippen LogP contribution is -2.34. The molecule has 0 saturated carbocycles. The number of nitrogens with zero attached hydrogens (tertiary/aromatic N) is 1. The van der Waals surface area contributed by atoms with Gasteiger partial charge in [0, 0.05) is 5.56 Å². The van der Waals surface area contributed by atoms with Crippen LogP contribution in [0.25, 0.3) is 10.2 Å². The highest BCUT2D eigenvalue weighted by Gasteiger charge is 2.15. The topological polar surface area (TPSA) is 94.6 Å². The Bertz CT molecular complexity index is 1020. The Morgan fingerprint density at radius 2 is 1.79 bits per heavy atom. The number of benzene rings is 2. The number of imide groups is 1. The van der Waals surface area contributed by atoms with Gasteiger partial charge in [-0.15, -0.1) is 11.3 Å². The third-order valence-electron chi connectivity index (χ3n) is 3.50. The summed E-state index contributed by atoms with van der Waals surface area (Å²) in [4.78, 5) is 39.9. The summed E-state index contributed by atoms with van der Waals surface area (Å²) in [6, 6.07) is 9.56. The predicted molar refractivity (Wildman–Crippen MR) is 95.4 cm³/mol. The zero-order valence-corrected chi connectivity index (χ0v) is 14.9. The lowest BCUT2D eigenvalue weighted by atomic mass is 10.2. The second-order valence-corrected chi connectivity index (χ2v) is 6.28. The molecule has 0 radical (unpaired) electrons. The summed E-state index contributed by atoms with van der Waals surface area (Å²) < 4.78 is 34.0. The van der Waals surface area contributed by atoms with Crippen molar-refractivity contribution < 1.29 is 32.6 Å². The van der Waals surface area contributed by atoms with E-state index in [9.17, 15) is 23.2 Å². The number of thiazole rings is 1. The fraction of sp³-hybridized carbons (Fsp3) is 0.111. The van der Waals surface area contributed by atoms with Gasteiger partial charge in [-0.25, -0.2) is 9.78 Å². The van der Waals surface area contributed by atoms with Gasteiger partial charge < -0.3 is 9.47 Å². The maximum absolute atomic E-state index is 12.1. The minimum Gasteiger partial charge on any atom is -0.452 e. The van der Waals surface area contributed by atoms with Crippen molar-refractivity contribution in [1.82, 2.24) is 10.3 Å². The first-order chi connectivity index (χ1) is 13.4. The summed E-state index contributed by atoms with van der Waals surface area (Å²) in [6.45, 7) is -3.63. The monoisotopic (exact) mass is 406 g/mol. The van der Waals surface area contributed by atoms with Gasteiger partial charge in [-0.05, 0) is 42.5 Å². The number of ether oxygens (including phenoxy) is 2. The van der Waals surface area contributed by atoms with Crippen molar-refractivity contribution in [2.75, 3.05) is 6.61 Å². The maximum Gasteiger partial charge on any atom is 0.387 e. The Morgan fingerprint density at radius 1 is 1.07 bits per heavy atom. The molecule has 0 bridgehead atoms. The SMILES string of the molecule is O=C(COC(=O)c1ccc2ncsc2c1)NC(=O)c1ccc(OC(F)F)cc1. The summed E-state index contributed by atoms with van der Waals surface area (Å²) in [5.74, 6) is -2.43. The average Bonchev–Trinajstić information content (AvgIpc) is 3.14. The number of aromatic nitrogens is 1. The molecule has 0 spiro atoms. The average molecular weight is 406 g/mol.